The van der Waals surface area contributed by atoms with E-state index >= 15 is 0 Å². The maximum absolute atomic E-state index is 12.3. The molecule has 1 fully saturated rings. The molecule has 0 heterocycles. The molecule has 1 aromatic carbocycles. The highest BCUT2D eigenvalue weighted by molar-refractivity contribution is 6.34. The van der Waals surface area contributed by atoms with E-state index in [9.17, 15) is 4.79 Å². The molecule has 1 aliphatic rings. The van der Waals surface area contributed by atoms with Crippen LogP contribution in [0, 0.1) is 11.3 Å². The molecule has 2 rings (SSSR count). The zero-order chi connectivity index (χ0) is 13.5. The lowest BCUT2D eigenvalue weighted by Crippen LogP contribution is -2.08. The first kappa shape index (κ1) is 13.2. The number of carbonyl (C=O) groups is 1. The molecule has 1 aromatic rings. The van der Waals surface area contributed by atoms with Crippen molar-refractivity contribution in [2.24, 2.45) is 11.3 Å². The van der Waals surface area contributed by atoms with E-state index in [0.717, 1.165) is 6.42 Å². The zero-order valence-corrected chi connectivity index (χ0v) is 11.8. The molecule has 18 heavy (non-hydrogen) atoms. The first-order valence-electron chi connectivity index (χ1n) is 5.86. The molecular weight excluding hydrogens is 252 g/mol. The van der Waals surface area contributed by atoms with Gasteiger partial charge in [-0.2, -0.15) is 0 Å². The van der Waals surface area contributed by atoms with Crippen molar-refractivity contribution < 1.29 is 14.3 Å². The summed E-state index contributed by atoms with van der Waals surface area (Å²) in [6, 6.07) is 3.29. The highest BCUT2D eigenvalue weighted by atomic mass is 35.5. The van der Waals surface area contributed by atoms with Gasteiger partial charge in [0.2, 0.25) is 0 Å². The highest BCUT2D eigenvalue weighted by Crippen LogP contribution is 2.53. The lowest BCUT2D eigenvalue weighted by molar-refractivity contribution is 0.0953. The minimum atomic E-state index is 0.0631. The SMILES string of the molecule is COc1cc(Cl)c(C(=O)C2CC2(C)C)cc1OC. The Morgan fingerprint density at radius 2 is 1.78 bits per heavy atom. The molecule has 98 valence electrons. The third kappa shape index (κ3) is 2.19. The van der Waals surface area contributed by atoms with Gasteiger partial charge < -0.3 is 9.47 Å². The molecule has 0 N–H and O–H groups in total. The van der Waals surface area contributed by atoms with Crippen molar-refractivity contribution >= 4 is 17.4 Å². The van der Waals surface area contributed by atoms with E-state index in [1.807, 2.05) is 0 Å². The molecule has 0 spiro atoms. The maximum Gasteiger partial charge on any atom is 0.168 e. The largest absolute Gasteiger partial charge is 0.493 e. The average molecular weight is 269 g/mol. The number of halogens is 1. The second-order valence-corrected chi connectivity index (χ2v) is 5.70. The van der Waals surface area contributed by atoms with E-state index < -0.39 is 0 Å². The number of Topliss-reactive ketones (excluding diaryl/α,β-unsaturated/α-hetero) is 1. The lowest BCUT2D eigenvalue weighted by Gasteiger charge is -2.11. The highest BCUT2D eigenvalue weighted by Gasteiger charge is 2.50. The molecule has 3 nitrogen and oxygen atoms in total. The normalized spacial score (nSPS) is 20.4. The van der Waals surface area contributed by atoms with Crippen LogP contribution in [0.2, 0.25) is 5.02 Å². The predicted molar refractivity (Wildman–Crippen MR) is 70.8 cm³/mol. The van der Waals surface area contributed by atoms with E-state index in [2.05, 4.69) is 13.8 Å². The summed E-state index contributed by atoms with van der Waals surface area (Å²) in [6.45, 7) is 4.18. The average Bonchev–Trinajstić information content (AvgIpc) is 2.97. The van der Waals surface area contributed by atoms with Crippen LogP contribution in [0.15, 0.2) is 12.1 Å². The topological polar surface area (TPSA) is 35.5 Å². The van der Waals surface area contributed by atoms with Crippen LogP contribution in [0.3, 0.4) is 0 Å². The number of hydrogen-bond acceptors (Lipinski definition) is 3. The fraction of sp³-hybridized carbons (Fsp3) is 0.500. The van der Waals surface area contributed by atoms with Gasteiger partial charge in [-0.1, -0.05) is 25.4 Å². The smallest absolute Gasteiger partial charge is 0.168 e. The summed E-state index contributed by atoms with van der Waals surface area (Å²) in [6.07, 6.45) is 0.913. The quantitative estimate of drug-likeness (QED) is 0.783. The molecule has 0 amide bonds. The monoisotopic (exact) mass is 268 g/mol. The molecule has 1 unspecified atom stereocenters. The van der Waals surface area contributed by atoms with Crippen LogP contribution < -0.4 is 9.47 Å². The molecule has 1 aliphatic carbocycles. The van der Waals surface area contributed by atoms with Crippen LogP contribution in [0.1, 0.15) is 30.6 Å². The van der Waals surface area contributed by atoms with Crippen molar-refractivity contribution in [2.45, 2.75) is 20.3 Å². The van der Waals surface area contributed by atoms with Crippen molar-refractivity contribution in [3.05, 3.63) is 22.7 Å². The van der Waals surface area contributed by atoms with Crippen LogP contribution in [0.5, 0.6) is 11.5 Å². The minimum Gasteiger partial charge on any atom is -0.493 e. The Balaban J connectivity index is 2.37. The van der Waals surface area contributed by atoms with Crippen molar-refractivity contribution in [1.82, 2.24) is 0 Å². The van der Waals surface area contributed by atoms with E-state index in [-0.39, 0.29) is 17.1 Å². The maximum atomic E-state index is 12.3. The molecule has 0 bridgehead atoms. The van der Waals surface area contributed by atoms with Gasteiger partial charge in [-0.05, 0) is 17.9 Å². The number of benzene rings is 1. The summed E-state index contributed by atoms with van der Waals surface area (Å²) in [5, 5.41) is 0.417. The van der Waals surface area contributed by atoms with E-state index in [1.54, 1.807) is 26.4 Å². The van der Waals surface area contributed by atoms with Crippen LogP contribution in [0.4, 0.5) is 0 Å². The van der Waals surface area contributed by atoms with Crippen molar-refractivity contribution in [3.63, 3.8) is 0 Å². The lowest BCUT2D eigenvalue weighted by atomic mass is 10.0. The van der Waals surface area contributed by atoms with Gasteiger partial charge >= 0.3 is 0 Å². The first-order chi connectivity index (χ1) is 8.40. The molecule has 0 aromatic heterocycles. The Hall–Kier alpha value is -1.22. The molecule has 0 radical (unpaired) electrons. The van der Waals surface area contributed by atoms with Crippen LogP contribution >= 0.6 is 11.6 Å². The van der Waals surface area contributed by atoms with Gasteiger partial charge in [-0.3, -0.25) is 4.79 Å². The van der Waals surface area contributed by atoms with E-state index in [4.69, 9.17) is 21.1 Å². The van der Waals surface area contributed by atoms with Crippen molar-refractivity contribution in [1.29, 1.82) is 0 Å². The summed E-state index contributed by atoms with van der Waals surface area (Å²) in [5.41, 5.74) is 0.609. The van der Waals surface area contributed by atoms with Gasteiger partial charge in [0.05, 0.1) is 19.2 Å². The molecular formula is C14H17ClO3. The van der Waals surface area contributed by atoms with E-state index in [1.165, 1.54) is 0 Å². The number of rotatable bonds is 4. The van der Waals surface area contributed by atoms with Gasteiger partial charge in [0, 0.05) is 17.5 Å². The Kier molecular flexibility index (Phi) is 3.28. The third-order valence-corrected chi connectivity index (χ3v) is 3.88. The number of ether oxygens (including phenoxy) is 2. The number of ketones is 1. The number of hydrogen-bond donors (Lipinski definition) is 0. The van der Waals surface area contributed by atoms with Gasteiger partial charge in [-0.25, -0.2) is 0 Å². The van der Waals surface area contributed by atoms with Gasteiger partial charge in [0.15, 0.2) is 17.3 Å². The van der Waals surface area contributed by atoms with Crippen LogP contribution in [-0.2, 0) is 0 Å². The predicted octanol–water partition coefficient (Wildman–Crippen LogP) is 3.59. The molecule has 1 atom stereocenters. The van der Waals surface area contributed by atoms with Crippen LogP contribution in [0.25, 0.3) is 0 Å². The fourth-order valence-electron chi connectivity index (χ4n) is 2.15. The Morgan fingerprint density at radius 3 is 2.22 bits per heavy atom. The van der Waals surface area contributed by atoms with E-state index in [0.29, 0.717) is 22.1 Å². The summed E-state index contributed by atoms with van der Waals surface area (Å²) in [7, 11) is 3.08. The van der Waals surface area contributed by atoms with Gasteiger partial charge in [-0.15, -0.1) is 0 Å². The Morgan fingerprint density at radius 1 is 1.28 bits per heavy atom. The Bertz CT molecular complexity index is 494. The standard InChI is InChI=1S/C14H17ClO3/c1-14(2)7-9(14)13(16)8-5-11(17-3)12(18-4)6-10(8)15/h5-6,9H,7H2,1-4H3. The summed E-state index contributed by atoms with van der Waals surface area (Å²) in [5.74, 6) is 1.22. The zero-order valence-electron chi connectivity index (χ0n) is 11.0. The summed E-state index contributed by atoms with van der Waals surface area (Å²) < 4.78 is 10.3. The molecule has 1 saturated carbocycles. The fourth-order valence-corrected chi connectivity index (χ4v) is 2.39. The third-order valence-electron chi connectivity index (χ3n) is 3.57. The minimum absolute atomic E-state index is 0.0631. The van der Waals surface area contributed by atoms with Crippen molar-refractivity contribution in [3.8, 4) is 11.5 Å². The molecule has 4 heteroatoms. The van der Waals surface area contributed by atoms with Crippen LogP contribution in [-0.4, -0.2) is 20.0 Å². The molecule has 0 saturated heterocycles. The number of methoxy groups -OCH3 is 2. The summed E-state index contributed by atoms with van der Waals surface area (Å²) in [4.78, 5) is 12.3. The van der Waals surface area contributed by atoms with Gasteiger partial charge in [0.25, 0.3) is 0 Å². The second-order valence-electron chi connectivity index (χ2n) is 5.30. The second kappa shape index (κ2) is 4.47. The summed E-state index contributed by atoms with van der Waals surface area (Å²) >= 11 is 6.14. The van der Waals surface area contributed by atoms with Gasteiger partial charge in [0.1, 0.15) is 0 Å². The number of carbonyl (C=O) groups excluding carboxylic acids is 1. The first-order valence-corrected chi connectivity index (χ1v) is 6.24. The van der Waals surface area contributed by atoms with Crippen molar-refractivity contribution in [2.75, 3.05) is 14.2 Å². The Labute approximate surface area is 112 Å². The molecule has 0 aliphatic heterocycles.